The first-order valence-corrected chi connectivity index (χ1v) is 6.88. The van der Waals surface area contributed by atoms with Crippen LogP contribution >= 0.6 is 0 Å². The second-order valence-electron chi connectivity index (χ2n) is 4.95. The van der Waals surface area contributed by atoms with Crippen molar-refractivity contribution in [2.45, 2.75) is 33.6 Å². The maximum Gasteiger partial charge on any atom is 0.269 e. The Bertz CT molecular complexity index is 611. The fourth-order valence-electron chi connectivity index (χ4n) is 2.18. The van der Waals surface area contributed by atoms with Gasteiger partial charge in [0, 0.05) is 24.8 Å². The summed E-state index contributed by atoms with van der Waals surface area (Å²) >= 11 is 0. The Hall–Kier alpha value is -2.11. The minimum Gasteiger partial charge on any atom is -0.351 e. The van der Waals surface area contributed by atoms with Gasteiger partial charge >= 0.3 is 0 Å². The highest BCUT2D eigenvalue weighted by molar-refractivity contribution is 5.93. The van der Waals surface area contributed by atoms with Crippen LogP contribution in [0.15, 0.2) is 6.07 Å². The van der Waals surface area contributed by atoms with E-state index in [1.165, 1.54) is 0 Å². The lowest BCUT2D eigenvalue weighted by atomic mass is 10.1. The molecular weight excluding hydrogens is 254 g/mol. The molecule has 108 valence electrons. The van der Waals surface area contributed by atoms with Gasteiger partial charge in [-0.25, -0.2) is 0 Å². The van der Waals surface area contributed by atoms with Gasteiger partial charge in [-0.3, -0.25) is 14.6 Å². The minimum absolute atomic E-state index is 0.114. The molecular formula is C14H21N5O. The fourth-order valence-corrected chi connectivity index (χ4v) is 2.18. The number of hydrogen-bond donors (Lipinski definition) is 2. The summed E-state index contributed by atoms with van der Waals surface area (Å²) in [7, 11) is 1.90. The largest absolute Gasteiger partial charge is 0.351 e. The van der Waals surface area contributed by atoms with Crippen LogP contribution in [0.3, 0.4) is 0 Å². The zero-order valence-electron chi connectivity index (χ0n) is 12.4. The van der Waals surface area contributed by atoms with E-state index in [1.807, 2.05) is 25.6 Å². The Balaban J connectivity index is 2.18. The summed E-state index contributed by atoms with van der Waals surface area (Å²) in [4.78, 5) is 11.9. The lowest BCUT2D eigenvalue weighted by Crippen LogP contribution is -2.24. The van der Waals surface area contributed by atoms with Gasteiger partial charge in [0.15, 0.2) is 0 Å². The van der Waals surface area contributed by atoms with E-state index in [-0.39, 0.29) is 5.91 Å². The van der Waals surface area contributed by atoms with Crippen LogP contribution in [-0.2, 0) is 7.05 Å². The lowest BCUT2D eigenvalue weighted by molar-refractivity contribution is 0.0948. The van der Waals surface area contributed by atoms with Crippen molar-refractivity contribution in [3.8, 4) is 11.3 Å². The first-order chi connectivity index (χ1) is 9.54. The SMILES string of the molecule is CCCCNC(=O)c1cc(-c2c(C)nn(C)c2C)n[nH]1. The summed E-state index contributed by atoms with van der Waals surface area (Å²) in [6.07, 6.45) is 2.04. The standard InChI is InChI=1S/C14H21N5O/c1-5-6-7-15-14(20)12-8-11(16-17-12)13-9(2)18-19(4)10(13)3/h8H,5-7H2,1-4H3,(H,15,20)(H,16,17). The van der Waals surface area contributed by atoms with Crippen molar-refractivity contribution in [1.82, 2.24) is 25.3 Å². The molecule has 0 aliphatic rings. The molecule has 20 heavy (non-hydrogen) atoms. The molecule has 2 rings (SSSR count). The summed E-state index contributed by atoms with van der Waals surface area (Å²) in [5, 5.41) is 14.3. The third kappa shape index (κ3) is 2.74. The molecule has 0 fully saturated rings. The highest BCUT2D eigenvalue weighted by Crippen LogP contribution is 2.24. The molecule has 0 unspecified atom stereocenters. The van der Waals surface area contributed by atoms with Crippen LogP contribution in [0.5, 0.6) is 0 Å². The van der Waals surface area contributed by atoms with Gasteiger partial charge in [0.1, 0.15) is 5.69 Å². The second-order valence-corrected chi connectivity index (χ2v) is 4.95. The van der Waals surface area contributed by atoms with Gasteiger partial charge in [-0.05, 0) is 26.3 Å². The number of aryl methyl sites for hydroxylation is 2. The van der Waals surface area contributed by atoms with Crippen LogP contribution in [0, 0.1) is 13.8 Å². The van der Waals surface area contributed by atoms with E-state index in [0.717, 1.165) is 35.5 Å². The Morgan fingerprint density at radius 2 is 2.20 bits per heavy atom. The highest BCUT2D eigenvalue weighted by Gasteiger charge is 2.16. The Morgan fingerprint density at radius 1 is 1.45 bits per heavy atom. The monoisotopic (exact) mass is 275 g/mol. The normalized spacial score (nSPS) is 10.8. The van der Waals surface area contributed by atoms with Crippen molar-refractivity contribution in [3.05, 3.63) is 23.1 Å². The molecule has 0 radical (unpaired) electrons. The second kappa shape index (κ2) is 5.90. The minimum atomic E-state index is -0.114. The Morgan fingerprint density at radius 3 is 2.80 bits per heavy atom. The number of aromatic nitrogens is 4. The van der Waals surface area contributed by atoms with Crippen LogP contribution < -0.4 is 5.32 Å². The fraction of sp³-hybridized carbons (Fsp3) is 0.500. The van der Waals surface area contributed by atoms with Gasteiger partial charge in [-0.2, -0.15) is 10.2 Å². The number of nitrogens with one attached hydrogen (secondary N) is 2. The summed E-state index contributed by atoms with van der Waals surface area (Å²) in [5.74, 6) is -0.114. The first kappa shape index (κ1) is 14.3. The zero-order valence-corrected chi connectivity index (χ0v) is 12.4. The van der Waals surface area contributed by atoms with Crippen molar-refractivity contribution < 1.29 is 4.79 Å². The van der Waals surface area contributed by atoms with Crippen molar-refractivity contribution >= 4 is 5.91 Å². The number of unbranched alkanes of at least 4 members (excludes halogenated alkanes) is 1. The summed E-state index contributed by atoms with van der Waals surface area (Å²) in [6, 6.07) is 1.78. The maximum absolute atomic E-state index is 11.9. The van der Waals surface area contributed by atoms with Crippen molar-refractivity contribution in [2.24, 2.45) is 7.05 Å². The summed E-state index contributed by atoms with van der Waals surface area (Å²) in [6.45, 7) is 6.71. The van der Waals surface area contributed by atoms with Gasteiger partial charge in [0.25, 0.3) is 5.91 Å². The smallest absolute Gasteiger partial charge is 0.269 e. The number of carbonyl (C=O) groups excluding carboxylic acids is 1. The maximum atomic E-state index is 11.9. The lowest BCUT2D eigenvalue weighted by Gasteiger charge is -2.00. The third-order valence-corrected chi connectivity index (χ3v) is 3.40. The quantitative estimate of drug-likeness (QED) is 0.819. The molecule has 0 atom stereocenters. The molecule has 0 saturated carbocycles. The number of nitrogens with zero attached hydrogens (tertiary/aromatic N) is 3. The number of H-pyrrole nitrogens is 1. The van der Waals surface area contributed by atoms with Crippen LogP contribution in [-0.4, -0.2) is 32.4 Å². The molecule has 2 heterocycles. The van der Waals surface area contributed by atoms with E-state index in [1.54, 1.807) is 6.07 Å². The summed E-state index contributed by atoms with van der Waals surface area (Å²) < 4.78 is 1.82. The first-order valence-electron chi connectivity index (χ1n) is 6.88. The molecule has 0 spiro atoms. The van der Waals surface area contributed by atoms with Gasteiger partial charge in [0.05, 0.1) is 11.4 Å². The molecule has 6 heteroatoms. The molecule has 2 N–H and O–H groups in total. The topological polar surface area (TPSA) is 75.6 Å². The molecule has 6 nitrogen and oxygen atoms in total. The van der Waals surface area contributed by atoms with E-state index in [4.69, 9.17) is 0 Å². The van der Waals surface area contributed by atoms with Crippen LogP contribution in [0.25, 0.3) is 11.3 Å². The van der Waals surface area contributed by atoms with Crippen LogP contribution in [0.4, 0.5) is 0 Å². The van der Waals surface area contributed by atoms with Crippen molar-refractivity contribution in [1.29, 1.82) is 0 Å². The molecule has 0 aromatic carbocycles. The molecule has 2 aromatic heterocycles. The molecule has 0 saturated heterocycles. The Labute approximate surface area is 118 Å². The van der Waals surface area contributed by atoms with E-state index in [2.05, 4.69) is 27.5 Å². The van der Waals surface area contributed by atoms with E-state index < -0.39 is 0 Å². The van der Waals surface area contributed by atoms with E-state index in [9.17, 15) is 4.79 Å². The van der Waals surface area contributed by atoms with Crippen LogP contribution in [0.2, 0.25) is 0 Å². The average Bonchev–Trinajstić information content (AvgIpc) is 2.96. The number of amides is 1. The third-order valence-electron chi connectivity index (χ3n) is 3.40. The molecule has 0 aliphatic heterocycles. The summed E-state index contributed by atoms with van der Waals surface area (Å²) in [5.41, 5.74) is 4.17. The van der Waals surface area contributed by atoms with Crippen LogP contribution in [0.1, 0.15) is 41.6 Å². The Kier molecular flexibility index (Phi) is 4.22. The average molecular weight is 275 g/mol. The zero-order chi connectivity index (χ0) is 14.7. The highest BCUT2D eigenvalue weighted by atomic mass is 16.1. The molecule has 1 amide bonds. The van der Waals surface area contributed by atoms with Gasteiger partial charge in [-0.1, -0.05) is 13.3 Å². The predicted octanol–water partition coefficient (Wildman–Crippen LogP) is 1.96. The van der Waals surface area contributed by atoms with Gasteiger partial charge in [-0.15, -0.1) is 0 Å². The van der Waals surface area contributed by atoms with Gasteiger partial charge in [0.2, 0.25) is 0 Å². The van der Waals surface area contributed by atoms with Crippen molar-refractivity contribution in [3.63, 3.8) is 0 Å². The predicted molar refractivity (Wildman–Crippen MR) is 77.5 cm³/mol. The molecule has 2 aromatic rings. The number of hydrogen-bond acceptors (Lipinski definition) is 3. The molecule has 0 aliphatic carbocycles. The number of rotatable bonds is 5. The molecule has 0 bridgehead atoms. The number of carbonyl (C=O) groups is 1. The van der Waals surface area contributed by atoms with Crippen molar-refractivity contribution in [2.75, 3.05) is 6.54 Å². The number of aromatic amines is 1. The van der Waals surface area contributed by atoms with E-state index >= 15 is 0 Å². The van der Waals surface area contributed by atoms with E-state index in [0.29, 0.717) is 12.2 Å². The van der Waals surface area contributed by atoms with Gasteiger partial charge < -0.3 is 5.32 Å².